The van der Waals surface area contributed by atoms with Crippen molar-refractivity contribution in [2.24, 2.45) is 11.7 Å². The number of carbonyl (C=O) groups excluding carboxylic acids is 1. The molecule has 0 fully saturated rings. The van der Waals surface area contributed by atoms with E-state index in [2.05, 4.69) is 26.1 Å². The van der Waals surface area contributed by atoms with Crippen molar-refractivity contribution in [2.75, 3.05) is 12.3 Å². The molecular weight excluding hydrogens is 232 g/mol. The van der Waals surface area contributed by atoms with Gasteiger partial charge in [-0.3, -0.25) is 4.79 Å². The first-order chi connectivity index (χ1) is 7.83. The highest BCUT2D eigenvalue weighted by atomic mass is 32.2. The van der Waals surface area contributed by atoms with Crippen LogP contribution >= 0.6 is 11.8 Å². The molecule has 0 saturated carbocycles. The van der Waals surface area contributed by atoms with Crippen molar-refractivity contribution in [1.29, 1.82) is 0 Å². The lowest BCUT2D eigenvalue weighted by Gasteiger charge is -2.27. The number of nitrogens with one attached hydrogen (secondary N) is 1. The zero-order valence-corrected chi connectivity index (χ0v) is 12.7. The maximum absolute atomic E-state index is 11.4. The predicted molar refractivity (Wildman–Crippen MR) is 77.3 cm³/mol. The van der Waals surface area contributed by atoms with E-state index in [1.165, 1.54) is 0 Å². The lowest BCUT2D eigenvalue weighted by Crippen LogP contribution is -2.53. The average Bonchev–Trinajstić information content (AvgIpc) is 2.24. The Labute approximate surface area is 110 Å². The van der Waals surface area contributed by atoms with Gasteiger partial charge in [0.25, 0.3) is 0 Å². The fraction of sp³-hybridized carbons (Fsp3) is 0.923. The van der Waals surface area contributed by atoms with E-state index in [0.717, 1.165) is 25.1 Å². The molecule has 4 heteroatoms. The van der Waals surface area contributed by atoms with Crippen LogP contribution in [0, 0.1) is 5.92 Å². The Morgan fingerprint density at radius 2 is 2.00 bits per heavy atom. The van der Waals surface area contributed by atoms with Crippen molar-refractivity contribution >= 4 is 17.7 Å². The van der Waals surface area contributed by atoms with Gasteiger partial charge in [0, 0.05) is 5.25 Å². The zero-order valence-electron chi connectivity index (χ0n) is 11.9. The number of nitrogens with two attached hydrogens (primary N) is 1. The number of primary amides is 1. The van der Waals surface area contributed by atoms with E-state index in [4.69, 9.17) is 5.73 Å². The van der Waals surface area contributed by atoms with Gasteiger partial charge in [-0.15, -0.1) is 0 Å². The summed E-state index contributed by atoms with van der Waals surface area (Å²) >= 11 is 1.98. The summed E-state index contributed by atoms with van der Waals surface area (Å²) in [6.07, 6.45) is 1.84. The van der Waals surface area contributed by atoms with E-state index in [1.54, 1.807) is 0 Å². The lowest BCUT2D eigenvalue weighted by atomic mass is 9.95. The molecule has 3 N–H and O–H groups in total. The number of carbonyl (C=O) groups is 1. The summed E-state index contributed by atoms with van der Waals surface area (Å²) < 4.78 is 0. The molecule has 0 saturated heterocycles. The first-order valence-corrected chi connectivity index (χ1v) is 7.55. The molecule has 2 atom stereocenters. The van der Waals surface area contributed by atoms with E-state index in [0.29, 0.717) is 11.2 Å². The molecule has 0 rings (SSSR count). The minimum Gasteiger partial charge on any atom is -0.368 e. The van der Waals surface area contributed by atoms with Crippen LogP contribution in [-0.4, -0.2) is 29.0 Å². The Hall–Kier alpha value is -0.220. The monoisotopic (exact) mass is 260 g/mol. The quantitative estimate of drug-likeness (QED) is 0.626. The molecule has 0 aromatic rings. The minimum absolute atomic E-state index is 0.249. The molecule has 0 heterocycles. The first kappa shape index (κ1) is 16.8. The highest BCUT2D eigenvalue weighted by Crippen LogP contribution is 2.21. The second kappa shape index (κ2) is 7.98. The van der Waals surface area contributed by atoms with Crippen molar-refractivity contribution in [2.45, 2.75) is 58.2 Å². The third kappa shape index (κ3) is 6.32. The zero-order chi connectivity index (χ0) is 13.5. The molecule has 0 aliphatic carbocycles. The molecule has 102 valence electrons. The topological polar surface area (TPSA) is 55.1 Å². The van der Waals surface area contributed by atoms with Crippen LogP contribution in [0.5, 0.6) is 0 Å². The number of hydrogen-bond donors (Lipinski definition) is 2. The predicted octanol–water partition coefficient (Wildman–Crippen LogP) is 2.40. The highest BCUT2D eigenvalue weighted by Gasteiger charge is 2.28. The van der Waals surface area contributed by atoms with Crippen LogP contribution in [0.2, 0.25) is 0 Å². The summed E-state index contributed by atoms with van der Waals surface area (Å²) in [5.74, 6) is 1.55. The second-order valence-corrected chi connectivity index (χ2v) is 6.64. The summed E-state index contributed by atoms with van der Waals surface area (Å²) in [5.41, 5.74) is 4.89. The van der Waals surface area contributed by atoms with Crippen molar-refractivity contribution in [1.82, 2.24) is 5.32 Å². The molecule has 0 spiro atoms. The number of rotatable bonds is 9. The molecule has 1 amide bonds. The summed E-state index contributed by atoms with van der Waals surface area (Å²) in [4.78, 5) is 11.4. The van der Waals surface area contributed by atoms with Gasteiger partial charge in [0.05, 0.1) is 5.54 Å². The van der Waals surface area contributed by atoms with E-state index < -0.39 is 5.54 Å². The van der Waals surface area contributed by atoms with Gasteiger partial charge < -0.3 is 11.1 Å². The summed E-state index contributed by atoms with van der Waals surface area (Å²) in [7, 11) is 0. The lowest BCUT2D eigenvalue weighted by molar-refractivity contribution is -0.124. The second-order valence-electron chi connectivity index (χ2n) is 5.15. The van der Waals surface area contributed by atoms with E-state index in [1.807, 2.05) is 25.6 Å². The number of thioether (sulfide) groups is 1. The molecule has 0 aromatic heterocycles. The molecule has 3 nitrogen and oxygen atoms in total. The summed E-state index contributed by atoms with van der Waals surface area (Å²) in [6, 6.07) is 0. The van der Waals surface area contributed by atoms with E-state index >= 15 is 0 Å². The van der Waals surface area contributed by atoms with Crippen molar-refractivity contribution in [3.05, 3.63) is 0 Å². The Bertz CT molecular complexity index is 233. The normalized spacial score (nSPS) is 16.8. The van der Waals surface area contributed by atoms with Crippen molar-refractivity contribution < 1.29 is 4.79 Å². The smallest absolute Gasteiger partial charge is 0.237 e. The van der Waals surface area contributed by atoms with Gasteiger partial charge in [0.15, 0.2) is 0 Å². The van der Waals surface area contributed by atoms with Crippen LogP contribution in [0.3, 0.4) is 0 Å². The summed E-state index contributed by atoms with van der Waals surface area (Å²) in [6.45, 7) is 11.4. The molecule has 17 heavy (non-hydrogen) atoms. The van der Waals surface area contributed by atoms with Crippen LogP contribution < -0.4 is 11.1 Å². The first-order valence-electron chi connectivity index (χ1n) is 6.50. The van der Waals surface area contributed by atoms with Gasteiger partial charge in [-0.25, -0.2) is 0 Å². The Balaban J connectivity index is 3.95. The van der Waals surface area contributed by atoms with Gasteiger partial charge in [-0.05, 0) is 38.0 Å². The molecule has 0 aliphatic rings. The van der Waals surface area contributed by atoms with Gasteiger partial charge in [-0.1, -0.05) is 27.7 Å². The van der Waals surface area contributed by atoms with Gasteiger partial charge >= 0.3 is 0 Å². The highest BCUT2D eigenvalue weighted by molar-refractivity contribution is 7.99. The van der Waals surface area contributed by atoms with Crippen LogP contribution in [-0.2, 0) is 4.79 Å². The maximum atomic E-state index is 11.4. The van der Waals surface area contributed by atoms with E-state index in [-0.39, 0.29) is 5.91 Å². The third-order valence-corrected chi connectivity index (χ3v) is 4.85. The van der Waals surface area contributed by atoms with Gasteiger partial charge in [0.1, 0.15) is 0 Å². The molecule has 0 bridgehead atoms. The molecule has 2 unspecified atom stereocenters. The maximum Gasteiger partial charge on any atom is 0.237 e. The summed E-state index contributed by atoms with van der Waals surface area (Å²) in [5, 5.41) is 3.86. The fourth-order valence-corrected chi connectivity index (χ4v) is 2.64. The number of amides is 1. The van der Waals surface area contributed by atoms with Crippen LogP contribution in [0.15, 0.2) is 0 Å². The average molecular weight is 260 g/mol. The Kier molecular flexibility index (Phi) is 7.88. The standard InChI is InChI=1S/C13H28N2OS/c1-6-15-13(5,12(14)16)8-7-9-17-11(4)10(2)3/h10-11,15H,6-9H2,1-5H3,(H2,14,16). The largest absolute Gasteiger partial charge is 0.368 e. The minimum atomic E-state index is -0.545. The van der Waals surface area contributed by atoms with Crippen LogP contribution in [0.4, 0.5) is 0 Å². The van der Waals surface area contributed by atoms with Crippen LogP contribution in [0.1, 0.15) is 47.5 Å². The molecular formula is C13H28N2OS. The fourth-order valence-electron chi connectivity index (χ4n) is 1.58. The van der Waals surface area contributed by atoms with Gasteiger partial charge in [-0.2, -0.15) is 11.8 Å². The SMILES string of the molecule is CCNC(C)(CCCSC(C)C(C)C)C(N)=O. The van der Waals surface area contributed by atoms with Crippen LogP contribution in [0.25, 0.3) is 0 Å². The van der Waals surface area contributed by atoms with E-state index in [9.17, 15) is 4.79 Å². The molecule has 0 radical (unpaired) electrons. The molecule has 0 aromatic carbocycles. The van der Waals surface area contributed by atoms with Gasteiger partial charge in [0.2, 0.25) is 5.91 Å². The van der Waals surface area contributed by atoms with Crippen molar-refractivity contribution in [3.63, 3.8) is 0 Å². The Morgan fingerprint density at radius 1 is 1.41 bits per heavy atom. The third-order valence-electron chi connectivity index (χ3n) is 3.25. The molecule has 0 aliphatic heterocycles. The van der Waals surface area contributed by atoms with Crippen molar-refractivity contribution in [3.8, 4) is 0 Å². The Morgan fingerprint density at radius 3 is 2.41 bits per heavy atom. The number of likely N-dealkylation sites (N-methyl/N-ethyl adjacent to an activating group) is 1. The number of hydrogen-bond acceptors (Lipinski definition) is 3.